The van der Waals surface area contributed by atoms with Crippen molar-refractivity contribution in [3.8, 4) is 11.5 Å². The lowest BCUT2D eigenvalue weighted by molar-refractivity contribution is 0.338. The van der Waals surface area contributed by atoms with Crippen molar-refractivity contribution in [2.24, 2.45) is 0 Å². The van der Waals surface area contributed by atoms with Gasteiger partial charge in [-0.15, -0.1) is 0 Å². The number of halogens is 1. The van der Waals surface area contributed by atoms with Crippen molar-refractivity contribution < 1.29 is 9.84 Å². The second-order valence-corrected chi connectivity index (χ2v) is 5.16. The van der Waals surface area contributed by atoms with Gasteiger partial charge >= 0.3 is 0 Å². The Balaban J connectivity index is 1.85. The van der Waals surface area contributed by atoms with Gasteiger partial charge < -0.3 is 15.2 Å². The first-order chi connectivity index (χ1) is 8.72. The predicted molar refractivity (Wildman–Crippen MR) is 74.1 cm³/mol. The molecule has 0 saturated carbocycles. The summed E-state index contributed by atoms with van der Waals surface area (Å²) in [5.74, 6) is 0.986. The molecule has 0 spiro atoms. The van der Waals surface area contributed by atoms with E-state index in [1.807, 2.05) is 30.3 Å². The van der Waals surface area contributed by atoms with Gasteiger partial charge in [-0.25, -0.2) is 0 Å². The molecule has 3 nitrogen and oxygen atoms in total. The monoisotopic (exact) mass is 305 g/mol. The fourth-order valence-corrected chi connectivity index (χ4v) is 2.50. The highest BCUT2D eigenvalue weighted by Crippen LogP contribution is 2.36. The highest BCUT2D eigenvalue weighted by atomic mass is 79.9. The molecule has 0 fully saturated rings. The number of fused-ring (bicyclic) bond motifs is 1. The molecule has 3 rings (SSSR count). The third-order valence-corrected chi connectivity index (χ3v) is 3.44. The van der Waals surface area contributed by atoms with Gasteiger partial charge in [0, 0.05) is 21.8 Å². The van der Waals surface area contributed by atoms with Crippen LogP contribution in [0.1, 0.15) is 11.6 Å². The number of anilines is 1. The molecule has 92 valence electrons. The van der Waals surface area contributed by atoms with Gasteiger partial charge in [0.1, 0.15) is 18.1 Å². The van der Waals surface area contributed by atoms with Gasteiger partial charge in [0.25, 0.3) is 0 Å². The number of aromatic hydroxyl groups is 1. The van der Waals surface area contributed by atoms with Crippen molar-refractivity contribution in [2.75, 3.05) is 11.9 Å². The summed E-state index contributed by atoms with van der Waals surface area (Å²) >= 11 is 3.45. The Hall–Kier alpha value is -1.68. The molecule has 0 radical (unpaired) electrons. The molecule has 2 N–H and O–H groups in total. The molecule has 1 heterocycles. The van der Waals surface area contributed by atoms with Crippen LogP contribution in [0.3, 0.4) is 0 Å². The van der Waals surface area contributed by atoms with Gasteiger partial charge in [0.15, 0.2) is 0 Å². The summed E-state index contributed by atoms with van der Waals surface area (Å²) in [5.41, 5.74) is 2.12. The van der Waals surface area contributed by atoms with E-state index in [0.717, 1.165) is 21.5 Å². The molecule has 0 saturated heterocycles. The van der Waals surface area contributed by atoms with Crippen molar-refractivity contribution in [1.29, 1.82) is 0 Å². The Kier molecular flexibility index (Phi) is 2.88. The first-order valence-electron chi connectivity index (χ1n) is 5.70. The average Bonchev–Trinajstić information content (AvgIpc) is 2.72. The molecule has 1 aliphatic rings. The molecule has 1 unspecified atom stereocenters. The third-order valence-electron chi connectivity index (χ3n) is 2.94. The zero-order chi connectivity index (χ0) is 12.5. The maximum absolute atomic E-state index is 9.40. The second kappa shape index (κ2) is 4.53. The molecule has 1 aliphatic heterocycles. The van der Waals surface area contributed by atoms with Crippen molar-refractivity contribution in [2.45, 2.75) is 6.04 Å². The number of phenolic OH excluding ortho intramolecular Hbond substituents is 1. The topological polar surface area (TPSA) is 41.5 Å². The zero-order valence-electron chi connectivity index (χ0n) is 9.56. The summed E-state index contributed by atoms with van der Waals surface area (Å²) in [5, 5.41) is 12.8. The number of benzene rings is 2. The summed E-state index contributed by atoms with van der Waals surface area (Å²) in [6.45, 7) is 0.575. The van der Waals surface area contributed by atoms with E-state index in [9.17, 15) is 5.11 Å². The Morgan fingerprint density at radius 2 is 2.11 bits per heavy atom. The Labute approximate surface area is 114 Å². The van der Waals surface area contributed by atoms with Crippen LogP contribution >= 0.6 is 15.9 Å². The van der Waals surface area contributed by atoms with E-state index in [1.165, 1.54) is 0 Å². The standard InChI is InChI=1S/C14H12BrNO2/c15-9-2-1-3-10(6-9)16-13-8-18-14-7-11(17)4-5-12(13)14/h1-7,13,16-17H,8H2. The van der Waals surface area contributed by atoms with Crippen LogP contribution in [0, 0.1) is 0 Å². The molecule has 2 aromatic rings. The van der Waals surface area contributed by atoms with Gasteiger partial charge in [-0.3, -0.25) is 0 Å². The fourth-order valence-electron chi connectivity index (χ4n) is 2.10. The Bertz CT molecular complexity index is 586. The van der Waals surface area contributed by atoms with Gasteiger partial charge in [-0.2, -0.15) is 0 Å². The van der Waals surface area contributed by atoms with Crippen LogP contribution in [0.2, 0.25) is 0 Å². The minimum absolute atomic E-state index is 0.120. The Morgan fingerprint density at radius 1 is 1.22 bits per heavy atom. The summed E-state index contributed by atoms with van der Waals surface area (Å²) < 4.78 is 6.60. The molecule has 1 atom stereocenters. The van der Waals surface area contributed by atoms with Crippen LogP contribution in [0.5, 0.6) is 11.5 Å². The number of phenols is 1. The van der Waals surface area contributed by atoms with Gasteiger partial charge in [0.05, 0.1) is 6.04 Å². The molecule has 0 amide bonds. The van der Waals surface area contributed by atoms with E-state index in [2.05, 4.69) is 21.2 Å². The van der Waals surface area contributed by atoms with Gasteiger partial charge in [0.2, 0.25) is 0 Å². The van der Waals surface area contributed by atoms with Crippen LogP contribution in [-0.4, -0.2) is 11.7 Å². The van der Waals surface area contributed by atoms with Crippen LogP contribution in [-0.2, 0) is 0 Å². The van der Waals surface area contributed by atoms with Crippen molar-refractivity contribution in [3.63, 3.8) is 0 Å². The lowest BCUT2D eigenvalue weighted by Gasteiger charge is -2.13. The van der Waals surface area contributed by atoms with Crippen molar-refractivity contribution >= 4 is 21.6 Å². The number of nitrogens with one attached hydrogen (secondary N) is 1. The third kappa shape index (κ3) is 2.16. The molecular formula is C14H12BrNO2. The molecule has 18 heavy (non-hydrogen) atoms. The number of hydrogen-bond acceptors (Lipinski definition) is 3. The van der Waals surface area contributed by atoms with E-state index in [-0.39, 0.29) is 11.8 Å². The van der Waals surface area contributed by atoms with E-state index >= 15 is 0 Å². The van der Waals surface area contributed by atoms with Crippen molar-refractivity contribution in [1.82, 2.24) is 0 Å². The summed E-state index contributed by atoms with van der Waals surface area (Å²) in [6.07, 6.45) is 0. The molecule has 4 heteroatoms. The predicted octanol–water partition coefficient (Wildman–Crippen LogP) is 3.70. The van der Waals surface area contributed by atoms with Crippen molar-refractivity contribution in [3.05, 3.63) is 52.5 Å². The molecular weight excluding hydrogens is 294 g/mol. The minimum Gasteiger partial charge on any atom is -0.508 e. The zero-order valence-corrected chi connectivity index (χ0v) is 11.1. The Morgan fingerprint density at radius 3 is 2.94 bits per heavy atom. The van der Waals surface area contributed by atoms with Crippen LogP contribution < -0.4 is 10.1 Å². The lowest BCUT2D eigenvalue weighted by atomic mass is 10.1. The normalized spacial score (nSPS) is 17.1. The minimum atomic E-state index is 0.120. The van der Waals surface area contributed by atoms with E-state index in [4.69, 9.17) is 4.74 Å². The summed E-state index contributed by atoms with van der Waals surface area (Å²) in [7, 11) is 0. The molecule has 0 aromatic heterocycles. The van der Waals surface area contributed by atoms with Gasteiger partial charge in [-0.05, 0) is 30.3 Å². The lowest BCUT2D eigenvalue weighted by Crippen LogP contribution is -2.11. The highest BCUT2D eigenvalue weighted by Gasteiger charge is 2.24. The molecule has 0 aliphatic carbocycles. The average molecular weight is 306 g/mol. The van der Waals surface area contributed by atoms with E-state index in [1.54, 1.807) is 12.1 Å². The van der Waals surface area contributed by atoms with Crippen LogP contribution in [0.15, 0.2) is 46.9 Å². The van der Waals surface area contributed by atoms with Gasteiger partial charge in [-0.1, -0.05) is 22.0 Å². The number of ether oxygens (including phenoxy) is 1. The van der Waals surface area contributed by atoms with Crippen LogP contribution in [0.25, 0.3) is 0 Å². The first kappa shape index (κ1) is 11.4. The number of rotatable bonds is 2. The maximum Gasteiger partial charge on any atom is 0.128 e. The molecule has 0 bridgehead atoms. The summed E-state index contributed by atoms with van der Waals surface area (Å²) in [4.78, 5) is 0. The van der Waals surface area contributed by atoms with E-state index < -0.39 is 0 Å². The first-order valence-corrected chi connectivity index (χ1v) is 6.49. The fraction of sp³-hybridized carbons (Fsp3) is 0.143. The second-order valence-electron chi connectivity index (χ2n) is 4.24. The largest absolute Gasteiger partial charge is 0.508 e. The quantitative estimate of drug-likeness (QED) is 0.889. The molecule has 2 aromatic carbocycles. The SMILES string of the molecule is Oc1ccc2c(c1)OCC2Nc1cccc(Br)c1. The summed E-state index contributed by atoms with van der Waals surface area (Å²) in [6, 6.07) is 13.4. The smallest absolute Gasteiger partial charge is 0.128 e. The maximum atomic E-state index is 9.40. The van der Waals surface area contributed by atoms with Crippen LogP contribution in [0.4, 0.5) is 5.69 Å². The number of hydrogen-bond donors (Lipinski definition) is 2. The highest BCUT2D eigenvalue weighted by molar-refractivity contribution is 9.10. The van der Waals surface area contributed by atoms with E-state index in [0.29, 0.717) is 6.61 Å².